The van der Waals surface area contributed by atoms with Gasteiger partial charge in [-0.25, -0.2) is 8.42 Å². The number of hydrogen-bond acceptors (Lipinski definition) is 5. The van der Waals surface area contributed by atoms with Crippen LogP contribution in [0.25, 0.3) is 0 Å². The quantitative estimate of drug-likeness (QED) is 0.868. The largest absolute Gasteiger partial charge is 0.348 e. The lowest BCUT2D eigenvalue weighted by atomic mass is 10.0. The fourth-order valence-electron chi connectivity index (χ4n) is 3.08. The molecule has 1 aromatic heterocycles. The number of nitrogens with zero attached hydrogens (tertiary/aromatic N) is 1. The van der Waals surface area contributed by atoms with E-state index in [1.807, 2.05) is 0 Å². The predicted octanol–water partition coefficient (Wildman–Crippen LogP) is 2.55. The number of carbonyl (C=O) groups excluding carboxylic acids is 1. The van der Waals surface area contributed by atoms with Crippen LogP contribution in [0.15, 0.2) is 46.7 Å². The Labute approximate surface area is 152 Å². The Morgan fingerprint density at radius 2 is 2.16 bits per heavy atom. The first-order valence-corrected chi connectivity index (χ1v) is 11.0. The Kier molecular flexibility index (Phi) is 5.56. The van der Waals surface area contributed by atoms with E-state index in [9.17, 15) is 13.2 Å². The minimum Gasteiger partial charge on any atom is -0.348 e. The van der Waals surface area contributed by atoms with Crippen LogP contribution in [0.5, 0.6) is 0 Å². The number of amides is 1. The first-order chi connectivity index (χ1) is 11.9. The molecule has 1 fully saturated rings. The Hall–Kier alpha value is -1.70. The lowest BCUT2D eigenvalue weighted by Crippen LogP contribution is -2.47. The number of carbonyl (C=O) groups is 1. The van der Waals surface area contributed by atoms with Gasteiger partial charge < -0.3 is 5.32 Å². The van der Waals surface area contributed by atoms with Crippen molar-refractivity contribution in [2.24, 2.45) is 0 Å². The van der Waals surface area contributed by atoms with E-state index in [1.54, 1.807) is 23.5 Å². The molecule has 1 N–H and O–H groups in total. The molecule has 2 aromatic rings. The first kappa shape index (κ1) is 18.1. The Morgan fingerprint density at radius 3 is 2.88 bits per heavy atom. The maximum atomic E-state index is 12.5. The molecule has 25 heavy (non-hydrogen) atoms. The topological polar surface area (TPSA) is 66.5 Å². The fraction of sp³-hybridized carbons (Fsp3) is 0.389. The van der Waals surface area contributed by atoms with Crippen molar-refractivity contribution in [3.05, 3.63) is 52.2 Å². The molecule has 3 rings (SSSR count). The van der Waals surface area contributed by atoms with Crippen LogP contribution in [-0.4, -0.2) is 44.6 Å². The van der Waals surface area contributed by atoms with Gasteiger partial charge in [0, 0.05) is 35.8 Å². The number of rotatable bonds is 5. The Morgan fingerprint density at radius 1 is 1.32 bits per heavy atom. The van der Waals surface area contributed by atoms with Crippen molar-refractivity contribution < 1.29 is 13.2 Å². The summed E-state index contributed by atoms with van der Waals surface area (Å²) in [6.45, 7) is 2.76. The molecule has 1 saturated heterocycles. The maximum Gasteiger partial charge on any atom is 0.251 e. The van der Waals surface area contributed by atoms with Crippen LogP contribution in [0.3, 0.4) is 0 Å². The molecule has 1 amide bonds. The van der Waals surface area contributed by atoms with Gasteiger partial charge in [-0.1, -0.05) is 12.1 Å². The van der Waals surface area contributed by atoms with Gasteiger partial charge in [-0.05, 0) is 49.0 Å². The zero-order valence-corrected chi connectivity index (χ0v) is 15.8. The molecule has 0 bridgehead atoms. The number of thiophene rings is 1. The normalized spacial score (nSPS) is 18.8. The summed E-state index contributed by atoms with van der Waals surface area (Å²) in [4.78, 5) is 16.3. The molecule has 1 atom stereocenters. The highest BCUT2D eigenvalue weighted by Crippen LogP contribution is 2.17. The SMILES string of the molecule is CS(=O)(=O)c1cccc(C(=O)NC2CCCN(Cc3cccs3)C2)c1. The van der Waals surface area contributed by atoms with Crippen LogP contribution in [0.2, 0.25) is 0 Å². The van der Waals surface area contributed by atoms with Gasteiger partial charge in [0.25, 0.3) is 5.91 Å². The van der Waals surface area contributed by atoms with Gasteiger partial charge in [-0.3, -0.25) is 9.69 Å². The lowest BCUT2D eigenvalue weighted by molar-refractivity contribution is 0.0901. The fourth-order valence-corrected chi connectivity index (χ4v) is 4.49. The van der Waals surface area contributed by atoms with Crippen LogP contribution >= 0.6 is 11.3 Å². The van der Waals surface area contributed by atoms with Crippen LogP contribution in [0.1, 0.15) is 28.1 Å². The molecule has 0 radical (unpaired) electrons. The molecule has 134 valence electrons. The average Bonchev–Trinajstić information content (AvgIpc) is 3.07. The second kappa shape index (κ2) is 7.68. The molecule has 1 aromatic carbocycles. The van der Waals surface area contributed by atoms with Crippen LogP contribution in [0.4, 0.5) is 0 Å². The van der Waals surface area contributed by atoms with E-state index >= 15 is 0 Å². The number of hydrogen-bond donors (Lipinski definition) is 1. The third kappa shape index (κ3) is 4.90. The van der Waals surface area contributed by atoms with E-state index in [-0.39, 0.29) is 16.8 Å². The molecule has 5 nitrogen and oxygen atoms in total. The second-order valence-corrected chi connectivity index (χ2v) is 9.48. The van der Waals surface area contributed by atoms with Crippen molar-refractivity contribution in [2.45, 2.75) is 30.3 Å². The summed E-state index contributed by atoms with van der Waals surface area (Å²) in [5.41, 5.74) is 0.387. The lowest BCUT2D eigenvalue weighted by Gasteiger charge is -2.32. The molecular formula is C18H22N2O3S2. The van der Waals surface area contributed by atoms with Gasteiger partial charge in [-0.15, -0.1) is 11.3 Å². The van der Waals surface area contributed by atoms with E-state index in [2.05, 4.69) is 27.7 Å². The first-order valence-electron chi connectivity index (χ1n) is 8.27. The van der Waals surface area contributed by atoms with Gasteiger partial charge in [-0.2, -0.15) is 0 Å². The van der Waals surface area contributed by atoms with Crippen molar-refractivity contribution in [1.29, 1.82) is 0 Å². The molecule has 1 aliphatic heterocycles. The third-order valence-corrected chi connectivity index (χ3v) is 6.30. The van der Waals surface area contributed by atoms with Gasteiger partial charge in [0.1, 0.15) is 0 Å². The zero-order chi connectivity index (χ0) is 17.9. The zero-order valence-electron chi connectivity index (χ0n) is 14.1. The number of nitrogens with one attached hydrogen (secondary N) is 1. The predicted molar refractivity (Wildman–Crippen MR) is 99.6 cm³/mol. The highest BCUT2D eigenvalue weighted by Gasteiger charge is 2.22. The summed E-state index contributed by atoms with van der Waals surface area (Å²) in [6, 6.07) is 10.5. The van der Waals surface area contributed by atoms with E-state index in [0.717, 1.165) is 38.7 Å². The van der Waals surface area contributed by atoms with Crippen molar-refractivity contribution in [3.8, 4) is 0 Å². The number of benzene rings is 1. The Balaban J connectivity index is 1.62. The molecule has 1 aliphatic rings. The molecule has 0 spiro atoms. The summed E-state index contributed by atoms with van der Waals surface area (Å²) in [7, 11) is -3.32. The highest BCUT2D eigenvalue weighted by molar-refractivity contribution is 7.90. The van der Waals surface area contributed by atoms with E-state index in [4.69, 9.17) is 0 Å². The van der Waals surface area contributed by atoms with Crippen molar-refractivity contribution in [2.75, 3.05) is 19.3 Å². The van der Waals surface area contributed by atoms with E-state index in [0.29, 0.717) is 5.56 Å². The monoisotopic (exact) mass is 378 g/mol. The molecule has 1 unspecified atom stereocenters. The minimum absolute atomic E-state index is 0.0862. The highest BCUT2D eigenvalue weighted by atomic mass is 32.2. The smallest absolute Gasteiger partial charge is 0.251 e. The maximum absolute atomic E-state index is 12.5. The summed E-state index contributed by atoms with van der Waals surface area (Å²) in [5.74, 6) is -0.214. The van der Waals surface area contributed by atoms with Crippen molar-refractivity contribution >= 4 is 27.1 Å². The number of piperidine rings is 1. The summed E-state index contributed by atoms with van der Waals surface area (Å²) < 4.78 is 23.3. The van der Waals surface area contributed by atoms with Gasteiger partial charge in [0.05, 0.1) is 4.90 Å². The van der Waals surface area contributed by atoms with Crippen LogP contribution in [-0.2, 0) is 16.4 Å². The average molecular weight is 379 g/mol. The second-order valence-electron chi connectivity index (χ2n) is 6.43. The van der Waals surface area contributed by atoms with Gasteiger partial charge in [0.15, 0.2) is 9.84 Å². The molecule has 0 saturated carbocycles. The summed E-state index contributed by atoms with van der Waals surface area (Å²) in [6.07, 6.45) is 3.13. The molecule has 7 heteroatoms. The van der Waals surface area contributed by atoms with E-state index < -0.39 is 9.84 Å². The number of likely N-dealkylation sites (tertiary alicyclic amines) is 1. The Bertz CT molecular complexity index is 832. The summed E-state index contributed by atoms with van der Waals surface area (Å²) >= 11 is 1.75. The standard InChI is InChI=1S/C18H22N2O3S2/c1-25(22,23)17-8-2-5-14(11-17)18(21)19-15-6-3-9-20(12-15)13-16-7-4-10-24-16/h2,4-5,7-8,10-11,15H,3,6,9,12-13H2,1H3,(H,19,21). The third-order valence-electron chi connectivity index (χ3n) is 4.32. The van der Waals surface area contributed by atoms with Crippen LogP contribution in [0, 0.1) is 0 Å². The summed E-state index contributed by atoms with van der Waals surface area (Å²) in [5, 5.41) is 5.13. The van der Waals surface area contributed by atoms with Crippen molar-refractivity contribution in [1.82, 2.24) is 10.2 Å². The number of sulfone groups is 1. The molecule has 0 aliphatic carbocycles. The minimum atomic E-state index is -3.32. The van der Waals surface area contributed by atoms with Crippen LogP contribution < -0.4 is 5.32 Å². The van der Waals surface area contributed by atoms with E-state index in [1.165, 1.54) is 17.0 Å². The van der Waals surface area contributed by atoms with Gasteiger partial charge in [0.2, 0.25) is 0 Å². The molecular weight excluding hydrogens is 356 g/mol. The molecule has 2 heterocycles. The van der Waals surface area contributed by atoms with Gasteiger partial charge >= 0.3 is 0 Å². The van der Waals surface area contributed by atoms with Crippen molar-refractivity contribution in [3.63, 3.8) is 0 Å².